The molecule has 0 amide bonds. The fourth-order valence-electron chi connectivity index (χ4n) is 1.15. The van der Waals surface area contributed by atoms with Crippen LogP contribution in [0.4, 0.5) is 5.95 Å². The minimum absolute atomic E-state index is 0.0794. The second kappa shape index (κ2) is 4.92. The molecule has 0 fully saturated rings. The van der Waals surface area contributed by atoms with Crippen molar-refractivity contribution in [2.45, 2.75) is 0 Å². The lowest BCUT2D eigenvalue weighted by Crippen LogP contribution is -1.93. The Morgan fingerprint density at radius 3 is 3.12 bits per heavy atom. The average molecular weight is 234 g/mol. The summed E-state index contributed by atoms with van der Waals surface area (Å²) in [7, 11) is 1.48. The van der Waals surface area contributed by atoms with Crippen LogP contribution in [0.5, 0.6) is 11.5 Å². The van der Waals surface area contributed by atoms with Crippen LogP contribution in [0.25, 0.3) is 0 Å². The fourth-order valence-corrected chi connectivity index (χ4v) is 1.15. The standard InChI is InChI=1S/C9H10N6O2/c1-17-8-4-6(2-3-7(8)16)5-10-11-9-12-14-15-13-9/h2-5,16H,1H3,(H2,11,12,13,14,15). The van der Waals surface area contributed by atoms with Crippen molar-refractivity contribution in [3.05, 3.63) is 23.8 Å². The van der Waals surface area contributed by atoms with Crippen LogP contribution in [0.1, 0.15) is 5.56 Å². The molecule has 0 bridgehead atoms. The molecule has 1 aromatic carbocycles. The summed E-state index contributed by atoms with van der Waals surface area (Å²) in [5.41, 5.74) is 3.34. The monoisotopic (exact) mass is 234 g/mol. The number of phenolic OH excluding ortho intramolecular Hbond substituents is 1. The molecule has 17 heavy (non-hydrogen) atoms. The Morgan fingerprint density at radius 1 is 1.53 bits per heavy atom. The minimum Gasteiger partial charge on any atom is -0.504 e. The van der Waals surface area contributed by atoms with E-state index in [9.17, 15) is 5.11 Å². The van der Waals surface area contributed by atoms with Gasteiger partial charge in [-0.1, -0.05) is 5.10 Å². The van der Waals surface area contributed by atoms with Gasteiger partial charge in [-0.15, -0.1) is 5.10 Å². The van der Waals surface area contributed by atoms with Crippen molar-refractivity contribution < 1.29 is 9.84 Å². The highest BCUT2D eigenvalue weighted by Crippen LogP contribution is 2.25. The minimum atomic E-state index is 0.0794. The maximum Gasteiger partial charge on any atom is 0.283 e. The van der Waals surface area contributed by atoms with Gasteiger partial charge in [-0.25, -0.2) is 5.43 Å². The normalized spacial score (nSPS) is 10.6. The number of aromatic amines is 1. The summed E-state index contributed by atoms with van der Waals surface area (Å²) in [6.45, 7) is 0. The Morgan fingerprint density at radius 2 is 2.41 bits per heavy atom. The van der Waals surface area contributed by atoms with E-state index in [1.165, 1.54) is 13.2 Å². The summed E-state index contributed by atoms with van der Waals surface area (Å²) >= 11 is 0. The van der Waals surface area contributed by atoms with Crippen LogP contribution in [-0.2, 0) is 0 Å². The van der Waals surface area contributed by atoms with Gasteiger partial charge < -0.3 is 9.84 Å². The van der Waals surface area contributed by atoms with Gasteiger partial charge in [0.25, 0.3) is 5.95 Å². The van der Waals surface area contributed by atoms with Crippen LogP contribution in [0, 0.1) is 0 Å². The van der Waals surface area contributed by atoms with Crippen molar-refractivity contribution in [1.82, 2.24) is 20.6 Å². The summed E-state index contributed by atoms with van der Waals surface area (Å²) in [6, 6.07) is 4.87. The number of ether oxygens (including phenoxy) is 1. The molecule has 2 aromatic rings. The molecule has 88 valence electrons. The van der Waals surface area contributed by atoms with Crippen molar-refractivity contribution >= 4 is 12.2 Å². The van der Waals surface area contributed by atoms with Crippen LogP contribution < -0.4 is 10.2 Å². The van der Waals surface area contributed by atoms with Crippen LogP contribution in [0.15, 0.2) is 23.3 Å². The number of phenols is 1. The molecule has 1 aromatic heterocycles. The maximum atomic E-state index is 9.39. The van der Waals surface area contributed by atoms with Gasteiger partial charge in [-0.2, -0.15) is 10.3 Å². The van der Waals surface area contributed by atoms with Gasteiger partial charge >= 0.3 is 0 Å². The maximum absolute atomic E-state index is 9.39. The number of aromatic nitrogens is 4. The summed E-state index contributed by atoms with van der Waals surface area (Å²) in [4.78, 5) is 0. The number of tetrazole rings is 1. The molecule has 0 radical (unpaired) electrons. The van der Waals surface area contributed by atoms with E-state index in [-0.39, 0.29) is 11.7 Å². The molecule has 0 saturated carbocycles. The lowest BCUT2D eigenvalue weighted by Gasteiger charge is -2.03. The zero-order valence-electron chi connectivity index (χ0n) is 8.95. The molecule has 3 N–H and O–H groups in total. The Hall–Kier alpha value is -2.64. The number of nitrogens with zero attached hydrogens (tertiary/aromatic N) is 4. The Balaban J connectivity index is 2.05. The summed E-state index contributed by atoms with van der Waals surface area (Å²) < 4.78 is 4.97. The first-order valence-electron chi connectivity index (χ1n) is 4.69. The zero-order chi connectivity index (χ0) is 12.1. The number of rotatable bonds is 4. The molecule has 0 unspecified atom stereocenters. The second-order valence-electron chi connectivity index (χ2n) is 3.04. The smallest absolute Gasteiger partial charge is 0.283 e. The SMILES string of the molecule is COc1cc(C=NNc2nn[nH]n2)ccc1O. The Kier molecular flexibility index (Phi) is 3.15. The zero-order valence-corrected chi connectivity index (χ0v) is 8.95. The molecule has 8 heteroatoms. The van der Waals surface area contributed by atoms with Crippen LogP contribution in [0.3, 0.4) is 0 Å². The van der Waals surface area contributed by atoms with Gasteiger partial charge in [0.15, 0.2) is 11.5 Å². The van der Waals surface area contributed by atoms with E-state index in [0.717, 1.165) is 5.56 Å². The van der Waals surface area contributed by atoms with E-state index < -0.39 is 0 Å². The van der Waals surface area contributed by atoms with Gasteiger partial charge in [-0.05, 0) is 29.0 Å². The highest BCUT2D eigenvalue weighted by molar-refractivity contribution is 5.81. The highest BCUT2D eigenvalue weighted by atomic mass is 16.5. The third-order valence-corrected chi connectivity index (χ3v) is 1.93. The lowest BCUT2D eigenvalue weighted by atomic mass is 10.2. The van der Waals surface area contributed by atoms with E-state index >= 15 is 0 Å². The first kappa shape index (κ1) is 10.9. The Bertz CT molecular complexity index is 510. The molecule has 0 saturated heterocycles. The molecule has 8 nitrogen and oxygen atoms in total. The average Bonchev–Trinajstić information content (AvgIpc) is 2.84. The Labute approximate surface area is 96.3 Å². The molecule has 0 spiro atoms. The molecule has 0 aliphatic heterocycles. The number of benzene rings is 1. The van der Waals surface area contributed by atoms with Crippen molar-refractivity contribution in [3.8, 4) is 11.5 Å². The van der Waals surface area contributed by atoms with Crippen molar-refractivity contribution in [1.29, 1.82) is 0 Å². The number of H-pyrrole nitrogens is 1. The first-order valence-corrected chi connectivity index (χ1v) is 4.69. The summed E-state index contributed by atoms with van der Waals surface area (Å²) in [5.74, 6) is 0.733. The summed E-state index contributed by atoms with van der Waals surface area (Å²) in [6.07, 6.45) is 1.54. The van der Waals surface area contributed by atoms with E-state index in [4.69, 9.17) is 4.74 Å². The predicted molar refractivity (Wildman–Crippen MR) is 60.1 cm³/mol. The predicted octanol–water partition coefficient (Wildman–Crippen LogP) is 0.360. The topological polar surface area (TPSA) is 108 Å². The number of nitrogens with one attached hydrogen (secondary N) is 2. The number of hydrazone groups is 1. The van der Waals surface area contributed by atoms with Crippen molar-refractivity contribution in [2.75, 3.05) is 12.5 Å². The number of hydrogen-bond acceptors (Lipinski definition) is 7. The third-order valence-electron chi connectivity index (χ3n) is 1.93. The molecular formula is C9H10N6O2. The van der Waals surface area contributed by atoms with E-state index in [2.05, 4.69) is 31.2 Å². The summed E-state index contributed by atoms with van der Waals surface area (Å²) in [5, 5.41) is 26.2. The second-order valence-corrected chi connectivity index (χ2v) is 3.04. The number of anilines is 1. The van der Waals surface area contributed by atoms with Crippen LogP contribution in [-0.4, -0.2) is 39.1 Å². The first-order chi connectivity index (χ1) is 8.29. The molecular weight excluding hydrogens is 224 g/mol. The number of aromatic hydroxyl groups is 1. The number of methoxy groups -OCH3 is 1. The molecule has 2 rings (SSSR count). The van der Waals surface area contributed by atoms with Gasteiger partial charge in [0.05, 0.1) is 13.3 Å². The molecule has 0 aliphatic rings. The fraction of sp³-hybridized carbons (Fsp3) is 0.111. The third kappa shape index (κ3) is 2.68. The van der Waals surface area contributed by atoms with E-state index in [1.54, 1.807) is 18.3 Å². The quantitative estimate of drug-likeness (QED) is 0.520. The van der Waals surface area contributed by atoms with Gasteiger partial charge in [0.2, 0.25) is 0 Å². The highest BCUT2D eigenvalue weighted by Gasteiger charge is 2.00. The van der Waals surface area contributed by atoms with Gasteiger partial charge in [0.1, 0.15) is 0 Å². The molecule has 1 heterocycles. The lowest BCUT2D eigenvalue weighted by molar-refractivity contribution is 0.373. The molecule has 0 atom stereocenters. The molecule has 0 aliphatic carbocycles. The van der Waals surface area contributed by atoms with Gasteiger partial charge in [0, 0.05) is 0 Å². The van der Waals surface area contributed by atoms with Crippen LogP contribution >= 0.6 is 0 Å². The van der Waals surface area contributed by atoms with E-state index in [0.29, 0.717) is 5.75 Å². The van der Waals surface area contributed by atoms with Crippen molar-refractivity contribution in [3.63, 3.8) is 0 Å². The van der Waals surface area contributed by atoms with E-state index in [1.807, 2.05) is 0 Å². The largest absolute Gasteiger partial charge is 0.504 e. The van der Waals surface area contributed by atoms with Crippen molar-refractivity contribution in [2.24, 2.45) is 5.10 Å². The number of hydrogen-bond donors (Lipinski definition) is 3. The van der Waals surface area contributed by atoms with Crippen LogP contribution in [0.2, 0.25) is 0 Å². The van der Waals surface area contributed by atoms with Gasteiger partial charge in [-0.3, -0.25) is 0 Å².